The molecule has 0 aliphatic rings. The van der Waals surface area contributed by atoms with Gasteiger partial charge in [0.1, 0.15) is 5.69 Å². The SMILES string of the molecule is COc1c(Nc2ccncc2)nc(O)nc1-c1cccc(-c2ccn(C)n2)c1. The molecule has 28 heavy (non-hydrogen) atoms. The number of rotatable bonds is 5. The van der Waals surface area contributed by atoms with Crippen LogP contribution in [0.1, 0.15) is 0 Å². The number of aromatic hydroxyl groups is 1. The maximum atomic E-state index is 10.1. The van der Waals surface area contributed by atoms with Crippen LogP contribution in [0.2, 0.25) is 0 Å². The van der Waals surface area contributed by atoms with Crippen LogP contribution in [0.5, 0.6) is 11.8 Å². The number of aryl methyl sites for hydroxylation is 1. The van der Waals surface area contributed by atoms with Crippen molar-refractivity contribution in [1.29, 1.82) is 0 Å². The summed E-state index contributed by atoms with van der Waals surface area (Å²) in [5, 5.41) is 17.7. The molecule has 0 bridgehead atoms. The molecule has 8 nitrogen and oxygen atoms in total. The first-order valence-electron chi connectivity index (χ1n) is 8.56. The summed E-state index contributed by atoms with van der Waals surface area (Å²) in [5.41, 5.74) is 3.79. The van der Waals surface area contributed by atoms with E-state index >= 15 is 0 Å². The molecule has 8 heteroatoms. The number of pyridine rings is 1. The van der Waals surface area contributed by atoms with Gasteiger partial charge < -0.3 is 15.2 Å². The number of methoxy groups -OCH3 is 1. The smallest absolute Gasteiger partial charge is 0.316 e. The summed E-state index contributed by atoms with van der Waals surface area (Å²) in [5.74, 6) is 0.784. The zero-order valence-corrected chi connectivity index (χ0v) is 15.4. The van der Waals surface area contributed by atoms with E-state index in [-0.39, 0.29) is 6.01 Å². The Balaban J connectivity index is 1.79. The van der Waals surface area contributed by atoms with E-state index in [2.05, 4.69) is 25.4 Å². The number of hydrogen-bond donors (Lipinski definition) is 2. The van der Waals surface area contributed by atoms with E-state index in [0.29, 0.717) is 17.3 Å². The predicted octanol–water partition coefficient (Wildman–Crippen LogP) is 3.40. The highest BCUT2D eigenvalue weighted by molar-refractivity contribution is 5.78. The summed E-state index contributed by atoms with van der Waals surface area (Å²) in [6, 6.07) is 12.9. The van der Waals surface area contributed by atoms with E-state index < -0.39 is 0 Å². The number of aromatic nitrogens is 5. The fourth-order valence-electron chi connectivity index (χ4n) is 2.88. The molecule has 4 rings (SSSR count). The molecule has 1 aromatic carbocycles. The Morgan fingerprint density at radius 2 is 1.82 bits per heavy atom. The van der Waals surface area contributed by atoms with Crippen LogP contribution in [0.3, 0.4) is 0 Å². The minimum absolute atomic E-state index is 0.351. The average molecular weight is 374 g/mol. The van der Waals surface area contributed by atoms with Gasteiger partial charge in [-0.25, -0.2) is 0 Å². The monoisotopic (exact) mass is 374 g/mol. The Kier molecular flexibility index (Phi) is 4.59. The first-order valence-corrected chi connectivity index (χ1v) is 8.56. The highest BCUT2D eigenvalue weighted by atomic mass is 16.5. The minimum Gasteiger partial charge on any atom is -0.491 e. The van der Waals surface area contributed by atoms with Crippen molar-refractivity contribution in [1.82, 2.24) is 24.7 Å². The normalized spacial score (nSPS) is 10.6. The number of anilines is 2. The quantitative estimate of drug-likeness (QED) is 0.552. The maximum absolute atomic E-state index is 10.1. The van der Waals surface area contributed by atoms with Crippen LogP contribution in [0.15, 0.2) is 61.1 Å². The lowest BCUT2D eigenvalue weighted by Gasteiger charge is -2.14. The van der Waals surface area contributed by atoms with E-state index in [1.807, 2.05) is 43.6 Å². The summed E-state index contributed by atoms with van der Waals surface area (Å²) in [7, 11) is 3.41. The molecule has 0 atom stereocenters. The summed E-state index contributed by atoms with van der Waals surface area (Å²) >= 11 is 0. The third-order valence-corrected chi connectivity index (χ3v) is 4.15. The van der Waals surface area contributed by atoms with Gasteiger partial charge in [0.2, 0.25) is 0 Å². The fraction of sp³-hybridized carbons (Fsp3) is 0.100. The van der Waals surface area contributed by atoms with Crippen LogP contribution < -0.4 is 10.1 Å². The van der Waals surface area contributed by atoms with Crippen molar-refractivity contribution >= 4 is 11.5 Å². The lowest BCUT2D eigenvalue weighted by atomic mass is 10.1. The number of ether oxygens (including phenoxy) is 1. The molecule has 0 saturated heterocycles. The van der Waals surface area contributed by atoms with Gasteiger partial charge in [-0.2, -0.15) is 15.1 Å². The van der Waals surface area contributed by atoms with Crippen molar-refractivity contribution in [3.05, 3.63) is 61.1 Å². The lowest BCUT2D eigenvalue weighted by molar-refractivity contribution is 0.401. The van der Waals surface area contributed by atoms with E-state index in [9.17, 15) is 5.11 Å². The predicted molar refractivity (Wildman–Crippen MR) is 105 cm³/mol. The second kappa shape index (κ2) is 7.36. The second-order valence-electron chi connectivity index (χ2n) is 6.07. The van der Waals surface area contributed by atoms with Gasteiger partial charge in [0.25, 0.3) is 0 Å². The summed E-state index contributed by atoms with van der Waals surface area (Å²) in [6.45, 7) is 0. The van der Waals surface area contributed by atoms with Gasteiger partial charge in [-0.05, 0) is 24.3 Å². The first-order chi connectivity index (χ1) is 13.6. The van der Waals surface area contributed by atoms with E-state index in [4.69, 9.17) is 4.74 Å². The van der Waals surface area contributed by atoms with Gasteiger partial charge >= 0.3 is 6.01 Å². The molecule has 3 heterocycles. The van der Waals surface area contributed by atoms with Crippen LogP contribution in [0.4, 0.5) is 11.5 Å². The maximum Gasteiger partial charge on any atom is 0.316 e. The first kappa shape index (κ1) is 17.5. The highest BCUT2D eigenvalue weighted by Gasteiger charge is 2.18. The topological polar surface area (TPSA) is 98.0 Å². The highest BCUT2D eigenvalue weighted by Crippen LogP contribution is 2.37. The van der Waals surface area contributed by atoms with Crippen LogP contribution in [0, 0.1) is 0 Å². The third-order valence-electron chi connectivity index (χ3n) is 4.15. The van der Waals surface area contributed by atoms with Crippen LogP contribution in [0.25, 0.3) is 22.5 Å². The van der Waals surface area contributed by atoms with Crippen LogP contribution in [-0.4, -0.2) is 36.9 Å². The van der Waals surface area contributed by atoms with Gasteiger partial charge in [-0.15, -0.1) is 0 Å². The van der Waals surface area contributed by atoms with E-state index in [1.165, 1.54) is 0 Å². The van der Waals surface area contributed by atoms with Crippen molar-refractivity contribution in [2.45, 2.75) is 0 Å². The number of nitrogens with one attached hydrogen (secondary N) is 1. The Morgan fingerprint density at radius 1 is 1.04 bits per heavy atom. The average Bonchev–Trinajstić information content (AvgIpc) is 3.15. The summed E-state index contributed by atoms with van der Waals surface area (Å²) in [4.78, 5) is 12.3. The Hall–Kier alpha value is -3.94. The van der Waals surface area contributed by atoms with Gasteiger partial charge in [0.05, 0.1) is 12.8 Å². The van der Waals surface area contributed by atoms with Gasteiger partial charge in [-0.1, -0.05) is 18.2 Å². The molecular formula is C20H18N6O2. The fourth-order valence-corrected chi connectivity index (χ4v) is 2.88. The van der Waals surface area contributed by atoms with Crippen molar-refractivity contribution < 1.29 is 9.84 Å². The van der Waals surface area contributed by atoms with Gasteiger partial charge in [0, 0.05) is 42.5 Å². The zero-order chi connectivity index (χ0) is 19.5. The van der Waals surface area contributed by atoms with Gasteiger partial charge in [0.15, 0.2) is 11.6 Å². The standard InChI is InChI=1S/C20H18N6O2/c1-26-11-8-16(25-26)13-4-3-5-14(12-13)17-18(28-2)19(24-20(27)23-17)22-15-6-9-21-10-7-15/h3-12H,1-2H3,(H2,21,22,23,24,27). The molecule has 2 N–H and O–H groups in total. The van der Waals surface area contributed by atoms with Crippen molar-refractivity contribution in [2.75, 3.05) is 12.4 Å². The molecule has 0 unspecified atom stereocenters. The van der Waals surface area contributed by atoms with Crippen LogP contribution in [-0.2, 0) is 7.05 Å². The number of benzene rings is 1. The minimum atomic E-state index is -0.351. The number of nitrogens with zero attached hydrogens (tertiary/aromatic N) is 5. The Bertz CT molecular complexity index is 1110. The molecular weight excluding hydrogens is 356 g/mol. The molecule has 4 aromatic rings. The van der Waals surface area contributed by atoms with E-state index in [0.717, 1.165) is 22.5 Å². The summed E-state index contributed by atoms with van der Waals surface area (Å²) in [6.07, 6.45) is 5.20. The van der Waals surface area contributed by atoms with Crippen LogP contribution >= 0.6 is 0 Å². The third kappa shape index (κ3) is 3.48. The van der Waals surface area contributed by atoms with Gasteiger partial charge in [-0.3, -0.25) is 9.67 Å². The molecule has 0 amide bonds. The number of hydrogen-bond acceptors (Lipinski definition) is 7. The lowest BCUT2D eigenvalue weighted by Crippen LogP contribution is -2.02. The molecule has 0 saturated carbocycles. The molecule has 0 spiro atoms. The summed E-state index contributed by atoms with van der Waals surface area (Å²) < 4.78 is 7.32. The zero-order valence-electron chi connectivity index (χ0n) is 15.4. The molecule has 0 fully saturated rings. The molecule has 3 aromatic heterocycles. The second-order valence-corrected chi connectivity index (χ2v) is 6.07. The van der Waals surface area contributed by atoms with Crippen molar-refractivity contribution in [3.63, 3.8) is 0 Å². The molecule has 140 valence electrons. The largest absolute Gasteiger partial charge is 0.491 e. The van der Waals surface area contributed by atoms with Crippen molar-refractivity contribution in [2.24, 2.45) is 7.05 Å². The van der Waals surface area contributed by atoms with E-state index in [1.54, 1.807) is 36.3 Å². The molecule has 0 aliphatic heterocycles. The molecule has 0 aliphatic carbocycles. The Morgan fingerprint density at radius 3 is 2.54 bits per heavy atom. The molecule has 0 radical (unpaired) electrons. The van der Waals surface area contributed by atoms with Crippen molar-refractivity contribution in [3.8, 4) is 34.3 Å². The Labute approximate surface area is 161 Å².